The van der Waals surface area contributed by atoms with Crippen molar-refractivity contribution in [1.82, 2.24) is 15.1 Å². The van der Waals surface area contributed by atoms with Crippen LogP contribution >= 0.6 is 11.3 Å². The van der Waals surface area contributed by atoms with E-state index in [9.17, 15) is 0 Å². The Morgan fingerprint density at radius 3 is 2.87 bits per heavy atom. The molecule has 2 aromatic heterocycles. The lowest BCUT2D eigenvalue weighted by Crippen LogP contribution is -2.26. The lowest BCUT2D eigenvalue weighted by Gasteiger charge is -2.28. The summed E-state index contributed by atoms with van der Waals surface area (Å²) in [5.74, 6) is 1.30. The summed E-state index contributed by atoms with van der Waals surface area (Å²) in [7, 11) is 0. The summed E-state index contributed by atoms with van der Waals surface area (Å²) in [5, 5.41) is 12.9. The molecule has 0 amide bonds. The molecule has 3 aromatic rings. The van der Waals surface area contributed by atoms with Crippen LogP contribution in [0.1, 0.15) is 43.3 Å². The van der Waals surface area contributed by atoms with Crippen LogP contribution in [0.15, 0.2) is 51.6 Å². The van der Waals surface area contributed by atoms with Gasteiger partial charge >= 0.3 is 0 Å². The van der Waals surface area contributed by atoms with Gasteiger partial charge in [-0.1, -0.05) is 18.2 Å². The van der Waals surface area contributed by atoms with E-state index >= 15 is 0 Å². The van der Waals surface area contributed by atoms with Crippen molar-refractivity contribution >= 4 is 11.3 Å². The first-order valence-corrected chi connectivity index (χ1v) is 8.94. The van der Waals surface area contributed by atoms with Gasteiger partial charge in [0.2, 0.25) is 11.8 Å². The minimum Gasteiger partial charge on any atom is -0.419 e. The van der Waals surface area contributed by atoms with Gasteiger partial charge in [0.25, 0.3) is 0 Å². The lowest BCUT2D eigenvalue weighted by atomic mass is 10.1. The molecular weight excluding hydrogens is 306 g/mol. The van der Waals surface area contributed by atoms with Crippen LogP contribution in [0.3, 0.4) is 0 Å². The van der Waals surface area contributed by atoms with Crippen molar-refractivity contribution in [3.05, 3.63) is 58.6 Å². The highest BCUT2D eigenvalue weighted by atomic mass is 32.1. The Labute approximate surface area is 139 Å². The molecule has 1 aromatic carbocycles. The highest BCUT2D eigenvalue weighted by molar-refractivity contribution is 7.07. The molecule has 5 heteroatoms. The third kappa shape index (κ3) is 2.82. The first-order valence-electron chi connectivity index (χ1n) is 7.99. The topological polar surface area (TPSA) is 42.2 Å². The molecule has 1 aliphatic rings. The zero-order chi connectivity index (χ0) is 15.6. The fourth-order valence-corrected chi connectivity index (χ4v) is 4.02. The quantitative estimate of drug-likeness (QED) is 0.697. The number of hydrogen-bond donors (Lipinski definition) is 0. The molecule has 0 spiro atoms. The molecule has 0 unspecified atom stereocenters. The third-order valence-electron chi connectivity index (χ3n) is 4.54. The molecule has 0 bridgehead atoms. The Morgan fingerprint density at radius 1 is 1.22 bits per heavy atom. The van der Waals surface area contributed by atoms with Crippen LogP contribution in [0.2, 0.25) is 0 Å². The van der Waals surface area contributed by atoms with Crippen LogP contribution in [-0.4, -0.2) is 21.6 Å². The van der Waals surface area contributed by atoms with Gasteiger partial charge in [-0.3, -0.25) is 4.90 Å². The van der Waals surface area contributed by atoms with Gasteiger partial charge in [0.05, 0.1) is 6.04 Å². The zero-order valence-electron chi connectivity index (χ0n) is 13.1. The van der Waals surface area contributed by atoms with Crippen LogP contribution < -0.4 is 0 Å². The van der Waals surface area contributed by atoms with Crippen molar-refractivity contribution in [2.45, 2.75) is 31.8 Å². The average molecular weight is 325 g/mol. The standard InChI is InChI=1S/C18H19N3OS/c1-13(21-10-5-8-16(21)15-9-11-23-12-15)17-19-20-18(22-17)14-6-3-2-4-7-14/h2-4,6-7,9,11-13,16H,5,8,10H2,1H3/t13-,16+/m1/s1. The molecule has 3 heterocycles. The molecule has 2 atom stereocenters. The first-order chi connectivity index (χ1) is 11.3. The van der Waals surface area contributed by atoms with Gasteiger partial charge < -0.3 is 4.42 Å². The maximum atomic E-state index is 5.95. The van der Waals surface area contributed by atoms with Gasteiger partial charge in [-0.25, -0.2) is 0 Å². The normalized spacial score (nSPS) is 20.0. The predicted octanol–water partition coefficient (Wildman–Crippen LogP) is 4.70. The molecule has 0 N–H and O–H groups in total. The Bertz CT molecular complexity index is 754. The molecule has 1 aliphatic heterocycles. The number of benzene rings is 1. The van der Waals surface area contributed by atoms with Gasteiger partial charge in [-0.05, 0) is 60.8 Å². The van der Waals surface area contributed by atoms with Gasteiger partial charge in [-0.15, -0.1) is 10.2 Å². The van der Waals surface area contributed by atoms with E-state index in [0.717, 1.165) is 12.1 Å². The number of likely N-dealkylation sites (tertiary alicyclic amines) is 1. The van der Waals surface area contributed by atoms with E-state index in [4.69, 9.17) is 4.42 Å². The Morgan fingerprint density at radius 2 is 2.09 bits per heavy atom. The summed E-state index contributed by atoms with van der Waals surface area (Å²) in [6, 6.07) is 12.8. The molecule has 1 saturated heterocycles. The second kappa shape index (κ2) is 6.26. The predicted molar refractivity (Wildman–Crippen MR) is 91.1 cm³/mol. The molecule has 0 saturated carbocycles. The minimum absolute atomic E-state index is 0.132. The zero-order valence-corrected chi connectivity index (χ0v) is 13.9. The number of thiophene rings is 1. The molecule has 0 radical (unpaired) electrons. The number of aromatic nitrogens is 2. The number of hydrogen-bond acceptors (Lipinski definition) is 5. The van der Waals surface area contributed by atoms with E-state index in [1.807, 2.05) is 30.3 Å². The maximum Gasteiger partial charge on any atom is 0.247 e. The van der Waals surface area contributed by atoms with E-state index in [1.54, 1.807) is 11.3 Å². The van der Waals surface area contributed by atoms with Gasteiger partial charge in [0.15, 0.2) is 0 Å². The van der Waals surface area contributed by atoms with Crippen LogP contribution in [0.4, 0.5) is 0 Å². The van der Waals surface area contributed by atoms with Crippen molar-refractivity contribution in [3.8, 4) is 11.5 Å². The van der Waals surface area contributed by atoms with E-state index < -0.39 is 0 Å². The Hall–Kier alpha value is -1.98. The van der Waals surface area contributed by atoms with Gasteiger partial charge in [-0.2, -0.15) is 11.3 Å². The fraction of sp³-hybridized carbons (Fsp3) is 0.333. The molecule has 118 valence electrons. The Kier molecular flexibility index (Phi) is 3.97. The van der Waals surface area contributed by atoms with Crippen LogP contribution in [-0.2, 0) is 0 Å². The molecule has 4 rings (SSSR count). The summed E-state index contributed by atoms with van der Waals surface area (Å²) >= 11 is 1.76. The van der Waals surface area contributed by atoms with E-state index in [1.165, 1.54) is 18.4 Å². The molecule has 1 fully saturated rings. The van der Waals surface area contributed by atoms with Crippen LogP contribution in [0.5, 0.6) is 0 Å². The smallest absolute Gasteiger partial charge is 0.247 e. The van der Waals surface area contributed by atoms with Gasteiger partial charge in [0.1, 0.15) is 0 Å². The van der Waals surface area contributed by atoms with Crippen molar-refractivity contribution in [2.24, 2.45) is 0 Å². The molecular formula is C18H19N3OS. The summed E-state index contributed by atoms with van der Waals surface area (Å²) in [4.78, 5) is 2.48. The second-order valence-electron chi connectivity index (χ2n) is 5.94. The lowest BCUT2D eigenvalue weighted by molar-refractivity contribution is 0.169. The van der Waals surface area contributed by atoms with Gasteiger partial charge in [0, 0.05) is 11.6 Å². The van der Waals surface area contributed by atoms with Crippen molar-refractivity contribution in [3.63, 3.8) is 0 Å². The summed E-state index contributed by atoms with van der Waals surface area (Å²) in [5.41, 5.74) is 2.37. The van der Waals surface area contributed by atoms with Crippen molar-refractivity contribution in [2.75, 3.05) is 6.54 Å². The monoisotopic (exact) mass is 325 g/mol. The third-order valence-corrected chi connectivity index (χ3v) is 5.24. The fourth-order valence-electron chi connectivity index (χ4n) is 3.32. The van der Waals surface area contributed by atoms with Crippen molar-refractivity contribution < 1.29 is 4.42 Å². The first kappa shape index (κ1) is 14.6. The molecule has 23 heavy (non-hydrogen) atoms. The highest BCUT2D eigenvalue weighted by Crippen LogP contribution is 2.39. The maximum absolute atomic E-state index is 5.95. The molecule has 4 nitrogen and oxygen atoms in total. The van der Waals surface area contributed by atoms with Crippen LogP contribution in [0, 0.1) is 0 Å². The van der Waals surface area contributed by atoms with E-state index in [2.05, 4.69) is 38.8 Å². The summed E-state index contributed by atoms with van der Waals surface area (Å²) in [6.45, 7) is 3.23. The largest absolute Gasteiger partial charge is 0.419 e. The van der Waals surface area contributed by atoms with E-state index in [0.29, 0.717) is 17.8 Å². The average Bonchev–Trinajstić information content (AvgIpc) is 3.34. The SMILES string of the molecule is C[C@H](c1nnc(-c2ccccc2)o1)N1CCC[C@H]1c1ccsc1. The summed E-state index contributed by atoms with van der Waals surface area (Å²) < 4.78 is 5.95. The number of nitrogens with zero attached hydrogens (tertiary/aromatic N) is 3. The number of rotatable bonds is 4. The Balaban J connectivity index is 1.57. The van der Waals surface area contributed by atoms with E-state index in [-0.39, 0.29) is 6.04 Å². The highest BCUT2D eigenvalue weighted by Gasteiger charge is 2.33. The van der Waals surface area contributed by atoms with Crippen molar-refractivity contribution in [1.29, 1.82) is 0 Å². The summed E-state index contributed by atoms with van der Waals surface area (Å²) in [6.07, 6.45) is 2.41. The second-order valence-corrected chi connectivity index (χ2v) is 6.72. The van der Waals surface area contributed by atoms with Crippen LogP contribution in [0.25, 0.3) is 11.5 Å². The molecule has 0 aliphatic carbocycles. The minimum atomic E-state index is 0.132.